The van der Waals surface area contributed by atoms with Gasteiger partial charge in [0.05, 0.1) is 10.6 Å². The molecule has 1 atom stereocenters. The van der Waals surface area contributed by atoms with E-state index in [-0.39, 0.29) is 5.92 Å². The van der Waals surface area contributed by atoms with Crippen molar-refractivity contribution in [1.29, 1.82) is 0 Å². The van der Waals surface area contributed by atoms with E-state index in [9.17, 15) is 10.1 Å². The van der Waals surface area contributed by atoms with Gasteiger partial charge in [-0.05, 0) is 24.5 Å². The monoisotopic (exact) mass is 267 g/mol. The highest BCUT2D eigenvalue weighted by molar-refractivity contribution is 6.29. The van der Waals surface area contributed by atoms with Crippen LogP contribution in [0.15, 0.2) is 30.2 Å². The molecule has 0 radical (unpaired) electrons. The van der Waals surface area contributed by atoms with Crippen molar-refractivity contribution in [3.63, 3.8) is 0 Å². The van der Waals surface area contributed by atoms with Gasteiger partial charge in [0, 0.05) is 18.2 Å². The zero-order valence-electron chi connectivity index (χ0n) is 9.97. The predicted octanol–water partition coefficient (Wildman–Crippen LogP) is 2.71. The minimum absolute atomic E-state index is 0.0965. The first-order valence-corrected chi connectivity index (χ1v) is 6.17. The lowest BCUT2D eigenvalue weighted by atomic mass is 10.00. The second-order valence-electron chi connectivity index (χ2n) is 4.42. The number of pyridine rings is 1. The van der Waals surface area contributed by atoms with Gasteiger partial charge < -0.3 is 5.32 Å². The molecule has 1 N–H and O–H groups in total. The highest BCUT2D eigenvalue weighted by atomic mass is 35.5. The molecule has 0 saturated heterocycles. The van der Waals surface area contributed by atoms with Gasteiger partial charge >= 0.3 is 0 Å². The van der Waals surface area contributed by atoms with E-state index >= 15 is 0 Å². The van der Waals surface area contributed by atoms with Crippen molar-refractivity contribution in [1.82, 2.24) is 10.3 Å². The molecule has 2 rings (SSSR count). The average molecular weight is 268 g/mol. The van der Waals surface area contributed by atoms with Crippen LogP contribution in [0.1, 0.15) is 31.2 Å². The molecule has 1 heterocycles. The Hall–Kier alpha value is -1.62. The first-order chi connectivity index (χ1) is 8.56. The summed E-state index contributed by atoms with van der Waals surface area (Å²) in [5, 5.41) is 14.3. The molecule has 0 bridgehead atoms. The van der Waals surface area contributed by atoms with Crippen molar-refractivity contribution in [2.45, 2.75) is 31.7 Å². The van der Waals surface area contributed by atoms with Crippen LogP contribution in [0.2, 0.25) is 5.15 Å². The number of hydrogen-bond donors (Lipinski definition) is 1. The van der Waals surface area contributed by atoms with E-state index in [1.165, 1.54) is 0 Å². The van der Waals surface area contributed by atoms with Crippen LogP contribution in [0, 0.1) is 10.1 Å². The molecule has 1 aliphatic rings. The van der Waals surface area contributed by atoms with E-state index in [2.05, 4.69) is 10.3 Å². The number of nitro groups is 1. The molecular formula is C12H14ClN3O2. The molecule has 96 valence electrons. The summed E-state index contributed by atoms with van der Waals surface area (Å²) in [4.78, 5) is 14.2. The second-order valence-corrected chi connectivity index (χ2v) is 4.81. The fourth-order valence-corrected chi connectivity index (χ4v) is 1.79. The van der Waals surface area contributed by atoms with E-state index in [0.29, 0.717) is 16.9 Å². The van der Waals surface area contributed by atoms with Crippen molar-refractivity contribution in [2.24, 2.45) is 0 Å². The maximum Gasteiger partial charge on any atom is 0.253 e. The quantitative estimate of drug-likeness (QED) is 0.506. The normalized spacial score (nSPS) is 17.3. The van der Waals surface area contributed by atoms with Crippen molar-refractivity contribution >= 4 is 11.6 Å². The van der Waals surface area contributed by atoms with E-state index in [4.69, 9.17) is 11.6 Å². The van der Waals surface area contributed by atoms with Crippen LogP contribution >= 0.6 is 11.6 Å². The van der Waals surface area contributed by atoms with Crippen LogP contribution in [0.4, 0.5) is 0 Å². The van der Waals surface area contributed by atoms with E-state index in [0.717, 1.165) is 24.6 Å². The Morgan fingerprint density at radius 1 is 1.67 bits per heavy atom. The highest BCUT2D eigenvalue weighted by Gasteiger charge is 2.25. The number of hydrogen-bond acceptors (Lipinski definition) is 4. The molecule has 1 aliphatic carbocycles. The second kappa shape index (κ2) is 5.35. The maximum absolute atomic E-state index is 10.7. The lowest BCUT2D eigenvalue weighted by Crippen LogP contribution is -2.21. The summed E-state index contributed by atoms with van der Waals surface area (Å²) in [5.41, 5.74) is 1.52. The van der Waals surface area contributed by atoms with Crippen molar-refractivity contribution in [2.75, 3.05) is 0 Å². The fourth-order valence-electron chi connectivity index (χ4n) is 1.67. The Bertz CT molecular complexity index is 469. The topological polar surface area (TPSA) is 68.1 Å². The third-order valence-corrected chi connectivity index (χ3v) is 3.13. The molecule has 0 aliphatic heterocycles. The summed E-state index contributed by atoms with van der Waals surface area (Å²) in [5.74, 6) is -0.0965. The zero-order chi connectivity index (χ0) is 13.1. The van der Waals surface area contributed by atoms with Gasteiger partial charge in [0.25, 0.3) is 6.20 Å². The van der Waals surface area contributed by atoms with Gasteiger partial charge in [-0.3, -0.25) is 10.1 Å². The summed E-state index contributed by atoms with van der Waals surface area (Å²) in [6, 6.07) is 3.90. The molecule has 5 nitrogen and oxygen atoms in total. The predicted molar refractivity (Wildman–Crippen MR) is 68.9 cm³/mol. The van der Waals surface area contributed by atoms with E-state index in [1.54, 1.807) is 12.3 Å². The van der Waals surface area contributed by atoms with Crippen LogP contribution in [0.3, 0.4) is 0 Å². The Morgan fingerprint density at radius 3 is 2.89 bits per heavy atom. The summed E-state index contributed by atoms with van der Waals surface area (Å²) < 4.78 is 0. The molecule has 1 fully saturated rings. The Balaban J connectivity index is 2.18. The van der Waals surface area contributed by atoms with Crippen LogP contribution in [-0.2, 0) is 0 Å². The van der Waals surface area contributed by atoms with Crippen LogP contribution < -0.4 is 5.32 Å². The van der Waals surface area contributed by atoms with Gasteiger partial charge in [-0.1, -0.05) is 24.6 Å². The van der Waals surface area contributed by atoms with Gasteiger partial charge in [-0.2, -0.15) is 0 Å². The van der Waals surface area contributed by atoms with E-state index < -0.39 is 4.92 Å². The van der Waals surface area contributed by atoms with Crippen LogP contribution in [0.25, 0.3) is 0 Å². The number of aromatic nitrogens is 1. The largest absolute Gasteiger partial charge is 0.380 e. The van der Waals surface area contributed by atoms with Gasteiger partial charge in [-0.25, -0.2) is 4.98 Å². The Morgan fingerprint density at radius 2 is 2.39 bits per heavy atom. The zero-order valence-corrected chi connectivity index (χ0v) is 10.7. The number of allylic oxidation sites excluding steroid dienone is 1. The Kier molecular flexibility index (Phi) is 3.81. The Labute approximate surface area is 110 Å². The third-order valence-electron chi connectivity index (χ3n) is 2.91. The van der Waals surface area contributed by atoms with Gasteiger partial charge in [0.1, 0.15) is 5.15 Å². The lowest BCUT2D eigenvalue weighted by molar-refractivity contribution is -0.404. The molecule has 6 heteroatoms. The molecule has 18 heavy (non-hydrogen) atoms. The molecular weight excluding hydrogens is 254 g/mol. The highest BCUT2D eigenvalue weighted by Crippen LogP contribution is 2.27. The van der Waals surface area contributed by atoms with Gasteiger partial charge in [-0.15, -0.1) is 0 Å². The molecule has 0 spiro atoms. The minimum atomic E-state index is -0.426. The van der Waals surface area contributed by atoms with Crippen molar-refractivity contribution in [3.8, 4) is 0 Å². The SMILES string of the molecule is CC(/C(=C\[N+](=O)[O-])NC1CC1)c1ccc(Cl)nc1. The average Bonchev–Trinajstić information content (AvgIpc) is 3.12. The smallest absolute Gasteiger partial charge is 0.253 e. The number of halogens is 1. The number of nitrogens with zero attached hydrogens (tertiary/aromatic N) is 2. The third kappa shape index (κ3) is 3.43. The van der Waals surface area contributed by atoms with Crippen LogP contribution in [-0.4, -0.2) is 15.9 Å². The summed E-state index contributed by atoms with van der Waals surface area (Å²) in [7, 11) is 0. The standard InChI is InChI=1S/C12H14ClN3O2/c1-8(9-2-5-12(13)14-6-9)11(7-16(17)18)15-10-3-4-10/h2,5-8,10,15H,3-4H2,1H3/b11-7+. The van der Waals surface area contributed by atoms with Gasteiger partial charge in [0.2, 0.25) is 0 Å². The lowest BCUT2D eigenvalue weighted by Gasteiger charge is -2.15. The molecule has 1 saturated carbocycles. The molecule has 1 aromatic rings. The van der Waals surface area contributed by atoms with Crippen LogP contribution in [0.5, 0.6) is 0 Å². The molecule has 0 amide bonds. The fraction of sp³-hybridized carbons (Fsp3) is 0.417. The molecule has 1 aromatic heterocycles. The maximum atomic E-state index is 10.7. The number of rotatable bonds is 5. The number of nitrogens with one attached hydrogen (secondary N) is 1. The summed E-state index contributed by atoms with van der Waals surface area (Å²) >= 11 is 5.73. The van der Waals surface area contributed by atoms with Gasteiger partial charge in [0.15, 0.2) is 0 Å². The first-order valence-electron chi connectivity index (χ1n) is 5.79. The summed E-state index contributed by atoms with van der Waals surface area (Å²) in [6.45, 7) is 1.91. The first kappa shape index (κ1) is 12.8. The molecule has 0 aromatic carbocycles. The van der Waals surface area contributed by atoms with E-state index in [1.807, 2.05) is 13.0 Å². The van der Waals surface area contributed by atoms with Crippen molar-refractivity contribution in [3.05, 3.63) is 51.1 Å². The molecule has 1 unspecified atom stereocenters. The summed E-state index contributed by atoms with van der Waals surface area (Å²) in [6.07, 6.45) is 4.83. The minimum Gasteiger partial charge on any atom is -0.380 e. The van der Waals surface area contributed by atoms with Crippen molar-refractivity contribution < 1.29 is 4.92 Å².